The molecule has 6 heteroatoms. The van der Waals surface area contributed by atoms with Gasteiger partial charge < -0.3 is 0 Å². The Kier molecular flexibility index (Phi) is 3.92. The van der Waals surface area contributed by atoms with Gasteiger partial charge in [0.2, 0.25) is 0 Å². The Morgan fingerprint density at radius 2 is 1.87 bits per heavy atom. The fourth-order valence-electron chi connectivity index (χ4n) is 2.37. The van der Waals surface area contributed by atoms with Crippen molar-refractivity contribution >= 4 is 15.7 Å². The lowest BCUT2D eigenvalue weighted by Crippen LogP contribution is -2.14. The van der Waals surface area contributed by atoms with Gasteiger partial charge in [0.15, 0.2) is 0 Å². The number of anilines is 1. The normalized spacial score (nSPS) is 11.4. The number of rotatable bonds is 4. The van der Waals surface area contributed by atoms with Crippen LogP contribution in [0.3, 0.4) is 0 Å². The molecule has 3 aromatic rings. The highest BCUT2D eigenvalue weighted by Gasteiger charge is 2.17. The zero-order valence-corrected chi connectivity index (χ0v) is 13.7. The summed E-state index contributed by atoms with van der Waals surface area (Å²) in [4.78, 5) is 0.296. The molecular formula is C17H17N3O2S. The average Bonchev–Trinajstić information content (AvgIpc) is 3.04. The van der Waals surface area contributed by atoms with Crippen molar-refractivity contribution in [3.63, 3.8) is 0 Å². The number of hydrogen-bond acceptors (Lipinski definition) is 3. The third kappa shape index (κ3) is 3.27. The lowest BCUT2D eigenvalue weighted by atomic mass is 10.1. The lowest BCUT2D eigenvalue weighted by Gasteiger charge is -2.12. The Morgan fingerprint density at radius 3 is 2.61 bits per heavy atom. The summed E-state index contributed by atoms with van der Waals surface area (Å²) in [7, 11) is -3.63. The van der Waals surface area contributed by atoms with Crippen LogP contribution in [-0.4, -0.2) is 18.6 Å². The number of benzene rings is 2. The predicted octanol–water partition coefficient (Wildman–Crippen LogP) is 3.49. The van der Waals surface area contributed by atoms with Crippen molar-refractivity contribution in [3.8, 4) is 11.3 Å². The summed E-state index contributed by atoms with van der Waals surface area (Å²) in [6.07, 6.45) is 1.66. The number of aromatic amines is 1. The van der Waals surface area contributed by atoms with E-state index >= 15 is 0 Å². The summed E-state index contributed by atoms with van der Waals surface area (Å²) in [5.74, 6) is 0. The molecule has 0 aliphatic carbocycles. The Bertz CT molecular complexity index is 932. The second-order valence-electron chi connectivity index (χ2n) is 5.43. The summed E-state index contributed by atoms with van der Waals surface area (Å²) >= 11 is 0. The lowest BCUT2D eigenvalue weighted by molar-refractivity contribution is 0.600. The largest absolute Gasteiger partial charge is 0.280 e. The smallest absolute Gasteiger partial charge is 0.262 e. The first-order valence-corrected chi connectivity index (χ1v) is 8.64. The van der Waals surface area contributed by atoms with Crippen LogP contribution in [0.15, 0.2) is 59.6 Å². The first kappa shape index (κ1) is 15.3. The van der Waals surface area contributed by atoms with Crippen LogP contribution in [0.2, 0.25) is 0 Å². The SMILES string of the molecule is Cc1ccc(C)c(S(=O)(=O)Nc2cccc(-c3ccn[nH]3)c2)c1. The van der Waals surface area contributed by atoms with Gasteiger partial charge in [0, 0.05) is 17.4 Å². The summed E-state index contributed by atoms with van der Waals surface area (Å²) in [5, 5.41) is 6.77. The van der Waals surface area contributed by atoms with Crippen molar-refractivity contribution in [2.45, 2.75) is 18.7 Å². The summed E-state index contributed by atoms with van der Waals surface area (Å²) in [6, 6.07) is 14.4. The number of nitrogens with zero attached hydrogens (tertiary/aromatic N) is 1. The van der Waals surface area contributed by atoms with Crippen LogP contribution in [-0.2, 0) is 10.0 Å². The second-order valence-corrected chi connectivity index (χ2v) is 7.08. The average molecular weight is 327 g/mol. The van der Waals surface area contributed by atoms with Crippen LogP contribution >= 0.6 is 0 Å². The summed E-state index contributed by atoms with van der Waals surface area (Å²) in [5.41, 5.74) is 3.83. The maximum Gasteiger partial charge on any atom is 0.262 e. The van der Waals surface area contributed by atoms with Crippen molar-refractivity contribution in [3.05, 3.63) is 65.9 Å². The molecule has 0 bridgehead atoms. The van der Waals surface area contributed by atoms with Crippen molar-refractivity contribution in [2.75, 3.05) is 4.72 Å². The molecule has 0 saturated carbocycles. The molecule has 118 valence electrons. The van der Waals surface area contributed by atoms with E-state index in [-0.39, 0.29) is 0 Å². The van der Waals surface area contributed by atoms with Gasteiger partial charge in [0.1, 0.15) is 0 Å². The molecule has 0 unspecified atom stereocenters. The first-order valence-electron chi connectivity index (χ1n) is 7.15. The van der Waals surface area contributed by atoms with Gasteiger partial charge >= 0.3 is 0 Å². The fourth-order valence-corrected chi connectivity index (χ4v) is 3.75. The molecule has 0 radical (unpaired) electrons. The Hall–Kier alpha value is -2.60. The van der Waals surface area contributed by atoms with E-state index in [1.807, 2.05) is 31.2 Å². The van der Waals surface area contributed by atoms with Gasteiger partial charge in [-0.05, 0) is 49.2 Å². The number of aryl methyl sites for hydroxylation is 2. The highest BCUT2D eigenvalue weighted by Crippen LogP contribution is 2.24. The minimum absolute atomic E-state index is 0.296. The molecule has 0 fully saturated rings. The van der Waals surface area contributed by atoms with Crippen molar-refractivity contribution in [1.29, 1.82) is 0 Å². The van der Waals surface area contributed by atoms with E-state index < -0.39 is 10.0 Å². The molecule has 3 rings (SSSR count). The second kappa shape index (κ2) is 5.89. The van der Waals surface area contributed by atoms with E-state index in [1.165, 1.54) is 0 Å². The molecule has 0 amide bonds. The minimum Gasteiger partial charge on any atom is -0.280 e. The molecule has 2 aromatic carbocycles. The van der Waals surface area contributed by atoms with Gasteiger partial charge in [-0.15, -0.1) is 0 Å². The molecule has 23 heavy (non-hydrogen) atoms. The van der Waals surface area contributed by atoms with Crippen LogP contribution in [0, 0.1) is 13.8 Å². The zero-order valence-electron chi connectivity index (χ0n) is 12.9. The van der Waals surface area contributed by atoms with E-state index in [0.717, 1.165) is 16.8 Å². The van der Waals surface area contributed by atoms with Crippen molar-refractivity contribution in [2.24, 2.45) is 0 Å². The molecule has 1 heterocycles. The Morgan fingerprint density at radius 1 is 1.04 bits per heavy atom. The van der Waals surface area contributed by atoms with Gasteiger partial charge in [-0.3, -0.25) is 9.82 Å². The highest BCUT2D eigenvalue weighted by molar-refractivity contribution is 7.92. The van der Waals surface area contributed by atoms with E-state index in [9.17, 15) is 8.42 Å². The fraction of sp³-hybridized carbons (Fsp3) is 0.118. The molecular weight excluding hydrogens is 310 g/mol. The number of sulfonamides is 1. The van der Waals surface area contributed by atoms with Crippen LogP contribution in [0.1, 0.15) is 11.1 Å². The molecule has 2 N–H and O–H groups in total. The zero-order chi connectivity index (χ0) is 16.4. The molecule has 0 aliphatic rings. The predicted molar refractivity (Wildman–Crippen MR) is 90.7 cm³/mol. The van der Waals surface area contributed by atoms with Gasteiger partial charge in [0.05, 0.1) is 10.6 Å². The van der Waals surface area contributed by atoms with Crippen LogP contribution < -0.4 is 4.72 Å². The van der Waals surface area contributed by atoms with Crippen LogP contribution in [0.5, 0.6) is 0 Å². The van der Waals surface area contributed by atoms with Crippen molar-refractivity contribution < 1.29 is 8.42 Å². The number of hydrogen-bond donors (Lipinski definition) is 2. The maximum atomic E-state index is 12.6. The summed E-state index contributed by atoms with van der Waals surface area (Å²) < 4.78 is 27.9. The molecule has 0 spiro atoms. The third-order valence-corrected chi connectivity index (χ3v) is 5.08. The van der Waals surface area contributed by atoms with Gasteiger partial charge in [-0.25, -0.2) is 8.42 Å². The first-order chi connectivity index (χ1) is 11.0. The van der Waals surface area contributed by atoms with E-state index in [1.54, 1.807) is 37.4 Å². The van der Waals surface area contributed by atoms with E-state index in [4.69, 9.17) is 0 Å². The standard InChI is InChI=1S/C17H17N3O2S/c1-12-6-7-13(2)17(10-12)23(21,22)20-15-5-3-4-14(11-15)16-8-9-18-19-16/h3-11,20H,1-2H3,(H,18,19). The van der Waals surface area contributed by atoms with Crippen molar-refractivity contribution in [1.82, 2.24) is 10.2 Å². The monoisotopic (exact) mass is 327 g/mol. The molecule has 5 nitrogen and oxygen atoms in total. The third-order valence-electron chi connectivity index (χ3n) is 3.56. The Labute approximate surface area is 135 Å². The van der Waals surface area contributed by atoms with Gasteiger partial charge in [0.25, 0.3) is 10.0 Å². The highest BCUT2D eigenvalue weighted by atomic mass is 32.2. The quantitative estimate of drug-likeness (QED) is 0.770. The Balaban J connectivity index is 1.95. The minimum atomic E-state index is -3.63. The topological polar surface area (TPSA) is 74.8 Å². The van der Waals surface area contributed by atoms with Crippen LogP contribution in [0.25, 0.3) is 11.3 Å². The van der Waals surface area contributed by atoms with Gasteiger partial charge in [-0.2, -0.15) is 5.10 Å². The van der Waals surface area contributed by atoms with Crippen LogP contribution in [0.4, 0.5) is 5.69 Å². The molecule has 0 atom stereocenters. The van der Waals surface area contributed by atoms with Gasteiger partial charge in [-0.1, -0.05) is 24.3 Å². The summed E-state index contributed by atoms with van der Waals surface area (Å²) in [6.45, 7) is 3.66. The van der Waals surface area contributed by atoms with E-state index in [0.29, 0.717) is 16.1 Å². The molecule has 0 saturated heterocycles. The maximum absolute atomic E-state index is 12.6. The number of aromatic nitrogens is 2. The number of H-pyrrole nitrogens is 1. The molecule has 0 aliphatic heterocycles. The van der Waals surface area contributed by atoms with E-state index in [2.05, 4.69) is 14.9 Å². The molecule has 1 aromatic heterocycles. The number of nitrogens with one attached hydrogen (secondary N) is 2.